The lowest BCUT2D eigenvalue weighted by atomic mass is 10.2. The van der Waals surface area contributed by atoms with Crippen molar-refractivity contribution >= 4 is 69.6 Å². The third-order valence-electron chi connectivity index (χ3n) is 5.38. The lowest BCUT2D eigenvalue weighted by molar-refractivity contribution is -0.122. The van der Waals surface area contributed by atoms with Crippen molar-refractivity contribution in [2.24, 2.45) is 11.8 Å². The van der Waals surface area contributed by atoms with E-state index >= 15 is 0 Å². The van der Waals surface area contributed by atoms with Gasteiger partial charge in [0.2, 0.25) is 11.8 Å². The molecular formula is C21H16Cl2N4O6. The molecule has 2 atom stereocenters. The van der Waals surface area contributed by atoms with Gasteiger partial charge in [-0.3, -0.25) is 19.2 Å². The summed E-state index contributed by atoms with van der Waals surface area (Å²) in [5.74, 6) is -1.61. The molecule has 2 aromatic rings. The predicted molar refractivity (Wildman–Crippen MR) is 120 cm³/mol. The van der Waals surface area contributed by atoms with Gasteiger partial charge in [0.05, 0.1) is 44.6 Å². The molecule has 2 unspecified atom stereocenters. The molecule has 0 bridgehead atoms. The van der Waals surface area contributed by atoms with Crippen molar-refractivity contribution in [1.82, 2.24) is 0 Å². The summed E-state index contributed by atoms with van der Waals surface area (Å²) in [4.78, 5) is 48.1. The second-order valence-electron chi connectivity index (χ2n) is 7.76. The average Bonchev–Trinajstić information content (AvgIpc) is 3.56. The molecule has 2 aromatic carbocycles. The van der Waals surface area contributed by atoms with Crippen LogP contribution < -0.4 is 30.7 Å². The minimum Gasteiger partial charge on any atom is -0.482 e. The Morgan fingerprint density at radius 2 is 1.21 bits per heavy atom. The zero-order valence-corrected chi connectivity index (χ0v) is 18.3. The number of fused-ring (bicyclic) bond motifs is 2. The molecule has 0 spiro atoms. The summed E-state index contributed by atoms with van der Waals surface area (Å²) < 4.78 is 10.7. The third kappa shape index (κ3) is 4.27. The number of halogens is 2. The third-order valence-corrected chi connectivity index (χ3v) is 6.01. The standard InChI is InChI=1S/C21H16Cl2N4O6/c22-10-2-14-16(32-6-18(28)24-14)4-12(10)26-20(30)8-1-9(8)21(31)27-13-5-17-15(3-11(13)23)25-19(29)7-33-17/h2-5,8-9H,1,6-7H2,(H,24,28)(H,25,29)(H,26,30)(H,27,31). The number of anilines is 4. The van der Waals surface area contributed by atoms with Crippen molar-refractivity contribution in [3.8, 4) is 11.5 Å². The van der Waals surface area contributed by atoms with E-state index in [0.717, 1.165) is 0 Å². The van der Waals surface area contributed by atoms with Gasteiger partial charge in [0.1, 0.15) is 11.5 Å². The van der Waals surface area contributed by atoms with Crippen LogP contribution in [-0.4, -0.2) is 36.8 Å². The summed E-state index contributed by atoms with van der Waals surface area (Å²) in [6, 6.07) is 6.03. The maximum atomic E-state index is 12.7. The molecule has 2 heterocycles. The first-order valence-electron chi connectivity index (χ1n) is 9.92. The van der Waals surface area contributed by atoms with Gasteiger partial charge in [-0.05, 0) is 18.6 Å². The van der Waals surface area contributed by atoms with Crippen molar-refractivity contribution in [3.05, 3.63) is 34.3 Å². The Hall–Kier alpha value is -3.50. The molecule has 5 rings (SSSR count). The summed E-state index contributed by atoms with van der Waals surface area (Å²) in [5.41, 5.74) is 1.48. The maximum absolute atomic E-state index is 12.7. The fourth-order valence-corrected chi connectivity index (χ4v) is 4.04. The van der Waals surface area contributed by atoms with Crippen LogP contribution in [0.4, 0.5) is 22.7 Å². The van der Waals surface area contributed by atoms with E-state index in [4.69, 9.17) is 32.7 Å². The Morgan fingerprint density at radius 1 is 0.788 bits per heavy atom. The highest BCUT2D eigenvalue weighted by atomic mass is 35.5. The minimum absolute atomic E-state index is 0.129. The zero-order chi connectivity index (χ0) is 23.3. The number of carbonyl (C=O) groups excluding carboxylic acids is 4. The van der Waals surface area contributed by atoms with E-state index in [2.05, 4.69) is 21.3 Å². The Labute approximate surface area is 196 Å². The van der Waals surface area contributed by atoms with Gasteiger partial charge in [0, 0.05) is 12.1 Å². The minimum atomic E-state index is -0.537. The van der Waals surface area contributed by atoms with E-state index in [1.807, 2.05) is 0 Å². The zero-order valence-electron chi connectivity index (χ0n) is 16.8. The highest BCUT2D eigenvalue weighted by molar-refractivity contribution is 6.35. The maximum Gasteiger partial charge on any atom is 0.262 e. The van der Waals surface area contributed by atoms with Gasteiger partial charge in [0.15, 0.2) is 13.2 Å². The number of ether oxygens (including phenoxy) is 2. The van der Waals surface area contributed by atoms with Gasteiger partial charge in [-0.25, -0.2) is 0 Å². The summed E-state index contributed by atoms with van der Waals surface area (Å²) in [7, 11) is 0. The van der Waals surface area contributed by atoms with Gasteiger partial charge in [-0.15, -0.1) is 0 Å². The van der Waals surface area contributed by atoms with Gasteiger partial charge >= 0.3 is 0 Å². The van der Waals surface area contributed by atoms with Crippen LogP contribution in [0.25, 0.3) is 0 Å². The second kappa shape index (κ2) is 8.13. The van der Waals surface area contributed by atoms with Gasteiger partial charge in [-0.1, -0.05) is 23.2 Å². The summed E-state index contributed by atoms with van der Waals surface area (Å²) in [6.45, 7) is -0.259. The molecule has 1 fully saturated rings. The molecular weight excluding hydrogens is 475 g/mol. The largest absolute Gasteiger partial charge is 0.482 e. The topological polar surface area (TPSA) is 135 Å². The van der Waals surface area contributed by atoms with Crippen LogP contribution >= 0.6 is 23.2 Å². The van der Waals surface area contributed by atoms with E-state index in [1.165, 1.54) is 24.3 Å². The molecule has 1 saturated carbocycles. The second-order valence-corrected chi connectivity index (χ2v) is 8.57. The number of hydrogen-bond acceptors (Lipinski definition) is 6. The fourth-order valence-electron chi connectivity index (χ4n) is 3.62. The number of amides is 4. The molecule has 0 aromatic heterocycles. The number of nitrogens with one attached hydrogen (secondary N) is 4. The van der Waals surface area contributed by atoms with Crippen molar-refractivity contribution in [1.29, 1.82) is 0 Å². The van der Waals surface area contributed by atoms with Crippen molar-refractivity contribution in [2.75, 3.05) is 34.5 Å². The van der Waals surface area contributed by atoms with Gasteiger partial charge < -0.3 is 30.7 Å². The normalized spacial score (nSPS) is 20.2. The molecule has 12 heteroatoms. The molecule has 4 amide bonds. The average molecular weight is 491 g/mol. The predicted octanol–water partition coefficient (Wildman–Crippen LogP) is 2.87. The molecule has 1 aliphatic carbocycles. The van der Waals surface area contributed by atoms with E-state index < -0.39 is 11.8 Å². The first kappa shape index (κ1) is 21.4. The van der Waals surface area contributed by atoms with Crippen LogP contribution in [0.5, 0.6) is 11.5 Å². The van der Waals surface area contributed by atoms with E-state index in [-0.39, 0.29) is 46.9 Å². The molecule has 0 saturated heterocycles. The number of hydrogen-bond donors (Lipinski definition) is 4. The first-order valence-corrected chi connectivity index (χ1v) is 10.7. The van der Waals surface area contributed by atoms with Crippen LogP contribution in [0, 0.1) is 11.8 Å². The van der Waals surface area contributed by atoms with Crippen LogP contribution in [0.3, 0.4) is 0 Å². The monoisotopic (exact) mass is 490 g/mol. The van der Waals surface area contributed by atoms with Crippen LogP contribution in [-0.2, 0) is 19.2 Å². The van der Waals surface area contributed by atoms with Gasteiger partial charge in [0.25, 0.3) is 11.8 Å². The van der Waals surface area contributed by atoms with E-state index in [9.17, 15) is 19.2 Å². The van der Waals surface area contributed by atoms with Crippen molar-refractivity contribution in [3.63, 3.8) is 0 Å². The SMILES string of the molecule is O=C1COc2cc(NC(=O)C3CC3C(=O)Nc3cc4c(cc3Cl)NC(=O)CO4)c(Cl)cc2N1. The van der Waals surface area contributed by atoms with Crippen LogP contribution in [0.15, 0.2) is 24.3 Å². The molecule has 10 nitrogen and oxygen atoms in total. The molecule has 33 heavy (non-hydrogen) atoms. The van der Waals surface area contributed by atoms with Crippen molar-refractivity contribution in [2.45, 2.75) is 6.42 Å². The highest BCUT2D eigenvalue weighted by Gasteiger charge is 2.48. The fraction of sp³-hybridized carbons (Fsp3) is 0.238. The lowest BCUT2D eigenvalue weighted by Gasteiger charge is -2.20. The first-order chi connectivity index (χ1) is 15.8. The Bertz CT molecular complexity index is 1140. The van der Waals surface area contributed by atoms with Crippen LogP contribution in [0.1, 0.15) is 6.42 Å². The summed E-state index contributed by atoms with van der Waals surface area (Å²) in [6.07, 6.45) is 0.363. The van der Waals surface area contributed by atoms with Gasteiger partial charge in [-0.2, -0.15) is 0 Å². The Morgan fingerprint density at radius 3 is 1.64 bits per heavy atom. The summed E-state index contributed by atoms with van der Waals surface area (Å²) in [5, 5.41) is 11.1. The van der Waals surface area contributed by atoms with Crippen LogP contribution in [0.2, 0.25) is 10.0 Å². The highest BCUT2D eigenvalue weighted by Crippen LogP contribution is 2.43. The van der Waals surface area contributed by atoms with E-state index in [1.54, 1.807) is 0 Å². The Kier molecular flexibility index (Phi) is 5.26. The molecule has 170 valence electrons. The number of benzene rings is 2. The molecule has 4 N–H and O–H groups in total. The smallest absolute Gasteiger partial charge is 0.262 e. The quantitative estimate of drug-likeness (QED) is 0.520. The molecule has 3 aliphatic rings. The lowest BCUT2D eigenvalue weighted by Crippen LogP contribution is -2.26. The number of rotatable bonds is 4. The van der Waals surface area contributed by atoms with Crippen molar-refractivity contribution < 1.29 is 28.7 Å². The number of carbonyl (C=O) groups is 4. The van der Waals surface area contributed by atoms with E-state index in [0.29, 0.717) is 40.7 Å². The summed E-state index contributed by atoms with van der Waals surface area (Å²) >= 11 is 12.4. The molecule has 0 radical (unpaired) electrons. The Balaban J connectivity index is 1.23. The molecule has 2 aliphatic heterocycles.